The third-order valence-corrected chi connectivity index (χ3v) is 5.59. The normalized spacial score (nSPS) is 14.9. The second kappa shape index (κ2) is 9.15. The highest BCUT2D eigenvalue weighted by molar-refractivity contribution is 5.94. The van der Waals surface area contributed by atoms with Crippen LogP contribution in [0.3, 0.4) is 0 Å². The van der Waals surface area contributed by atoms with Gasteiger partial charge in [0, 0.05) is 50.3 Å². The van der Waals surface area contributed by atoms with E-state index in [4.69, 9.17) is 4.52 Å². The van der Waals surface area contributed by atoms with E-state index in [0.717, 1.165) is 37.4 Å². The van der Waals surface area contributed by atoms with Crippen LogP contribution in [-0.4, -0.2) is 61.6 Å². The monoisotopic (exact) mass is 428 g/mol. The molecule has 0 atom stereocenters. The van der Waals surface area contributed by atoms with Gasteiger partial charge in [0.25, 0.3) is 11.8 Å². The van der Waals surface area contributed by atoms with Gasteiger partial charge in [0.2, 0.25) is 0 Å². The molecule has 4 aromatic rings. The van der Waals surface area contributed by atoms with Crippen molar-refractivity contribution < 1.29 is 9.32 Å². The molecule has 0 saturated carbocycles. The van der Waals surface area contributed by atoms with Gasteiger partial charge in [0.05, 0.1) is 12.1 Å². The van der Waals surface area contributed by atoms with Crippen molar-refractivity contribution >= 4 is 5.91 Å². The summed E-state index contributed by atoms with van der Waals surface area (Å²) in [4.78, 5) is 26.1. The number of amides is 1. The molecule has 1 aromatic carbocycles. The number of aromatic nitrogens is 4. The first-order valence-corrected chi connectivity index (χ1v) is 10.8. The van der Waals surface area contributed by atoms with E-state index in [-0.39, 0.29) is 5.91 Å². The molecule has 0 N–H and O–H groups in total. The lowest BCUT2D eigenvalue weighted by Gasteiger charge is -2.21. The van der Waals surface area contributed by atoms with E-state index in [1.165, 1.54) is 0 Å². The summed E-state index contributed by atoms with van der Waals surface area (Å²) in [5.41, 5.74) is 1.52. The van der Waals surface area contributed by atoms with Crippen LogP contribution < -0.4 is 0 Å². The Morgan fingerprint density at radius 1 is 0.938 bits per heavy atom. The van der Waals surface area contributed by atoms with Crippen LogP contribution in [0.4, 0.5) is 0 Å². The molecule has 1 aliphatic heterocycles. The van der Waals surface area contributed by atoms with Crippen LogP contribution in [0.2, 0.25) is 0 Å². The third kappa shape index (κ3) is 4.45. The summed E-state index contributed by atoms with van der Waals surface area (Å²) in [7, 11) is 0. The maximum absolute atomic E-state index is 13.0. The van der Waals surface area contributed by atoms with Crippen molar-refractivity contribution in [2.24, 2.45) is 0 Å². The molecule has 1 saturated heterocycles. The topological polar surface area (TPSA) is 80.3 Å². The maximum atomic E-state index is 13.0. The van der Waals surface area contributed by atoms with E-state index in [1.54, 1.807) is 6.20 Å². The summed E-state index contributed by atoms with van der Waals surface area (Å²) in [5, 5.41) is 4.13. The van der Waals surface area contributed by atoms with Crippen molar-refractivity contribution in [3.63, 3.8) is 0 Å². The summed E-state index contributed by atoms with van der Waals surface area (Å²) < 4.78 is 7.33. The van der Waals surface area contributed by atoms with E-state index in [1.807, 2.05) is 76.5 Å². The molecule has 0 aliphatic carbocycles. The highest BCUT2D eigenvalue weighted by atomic mass is 16.5. The van der Waals surface area contributed by atoms with E-state index in [9.17, 15) is 4.79 Å². The first-order chi connectivity index (χ1) is 15.8. The van der Waals surface area contributed by atoms with Gasteiger partial charge in [-0.1, -0.05) is 23.4 Å². The molecule has 8 nitrogen and oxygen atoms in total. The Morgan fingerprint density at radius 2 is 1.78 bits per heavy atom. The third-order valence-electron chi connectivity index (χ3n) is 5.59. The molecule has 32 heavy (non-hydrogen) atoms. The zero-order valence-corrected chi connectivity index (χ0v) is 17.7. The fourth-order valence-electron chi connectivity index (χ4n) is 3.88. The minimum atomic E-state index is 0.0179. The summed E-state index contributed by atoms with van der Waals surface area (Å²) in [6.45, 7) is 3.61. The highest BCUT2D eigenvalue weighted by Gasteiger charge is 2.22. The van der Waals surface area contributed by atoms with Gasteiger partial charge in [-0.3, -0.25) is 9.69 Å². The molecule has 0 radical (unpaired) electrons. The standard InChI is InChI=1S/C24H24N6O2/c31-24(20-9-10-22(25-17-20)29-12-4-5-13-29)30-14-6-11-28(15-16-30)18-21-26-23(32-27-21)19-7-2-1-3-8-19/h1-5,7-10,12-13,17H,6,11,14-16,18H2. The number of benzene rings is 1. The zero-order chi connectivity index (χ0) is 21.8. The molecule has 8 heteroatoms. The van der Waals surface area contributed by atoms with Crippen molar-refractivity contribution in [1.82, 2.24) is 29.5 Å². The first-order valence-electron chi connectivity index (χ1n) is 10.8. The van der Waals surface area contributed by atoms with Crippen molar-refractivity contribution in [3.05, 3.63) is 84.6 Å². The molecule has 3 aromatic heterocycles. The number of carbonyl (C=O) groups excluding carboxylic acids is 1. The molecule has 0 bridgehead atoms. The highest BCUT2D eigenvalue weighted by Crippen LogP contribution is 2.17. The number of hydrogen-bond donors (Lipinski definition) is 0. The summed E-state index contributed by atoms with van der Waals surface area (Å²) in [6.07, 6.45) is 6.41. The zero-order valence-electron chi connectivity index (χ0n) is 17.7. The quantitative estimate of drug-likeness (QED) is 0.485. The molecule has 1 amide bonds. The summed E-state index contributed by atoms with van der Waals surface area (Å²) in [6, 6.07) is 17.4. The second-order valence-electron chi connectivity index (χ2n) is 7.80. The maximum Gasteiger partial charge on any atom is 0.257 e. The SMILES string of the molecule is O=C(c1ccc(-n2cccc2)nc1)N1CCCN(Cc2noc(-c3ccccc3)n2)CC1. The van der Waals surface area contributed by atoms with E-state index < -0.39 is 0 Å². The smallest absolute Gasteiger partial charge is 0.257 e. The second-order valence-corrected chi connectivity index (χ2v) is 7.80. The lowest BCUT2D eigenvalue weighted by Crippen LogP contribution is -2.35. The molecule has 4 heterocycles. The van der Waals surface area contributed by atoms with Crippen LogP contribution >= 0.6 is 0 Å². The van der Waals surface area contributed by atoms with Crippen LogP contribution in [0.1, 0.15) is 22.6 Å². The minimum absolute atomic E-state index is 0.0179. The van der Waals surface area contributed by atoms with Crippen LogP contribution in [0.15, 0.2) is 77.7 Å². The molecule has 1 aliphatic rings. The van der Waals surface area contributed by atoms with Crippen LogP contribution in [0.5, 0.6) is 0 Å². The molecular weight excluding hydrogens is 404 g/mol. The van der Waals surface area contributed by atoms with Gasteiger partial charge >= 0.3 is 0 Å². The predicted molar refractivity (Wildman–Crippen MR) is 119 cm³/mol. The number of rotatable bonds is 5. The Hall–Kier alpha value is -3.78. The molecule has 0 spiro atoms. The summed E-state index contributed by atoms with van der Waals surface area (Å²) >= 11 is 0. The number of nitrogens with zero attached hydrogens (tertiary/aromatic N) is 6. The average Bonchev–Trinajstić information content (AvgIpc) is 3.49. The van der Waals surface area contributed by atoms with Gasteiger partial charge in [-0.15, -0.1) is 0 Å². The Balaban J connectivity index is 1.19. The number of hydrogen-bond acceptors (Lipinski definition) is 6. The van der Waals surface area contributed by atoms with E-state index in [2.05, 4.69) is 20.0 Å². The van der Waals surface area contributed by atoms with Crippen LogP contribution in [-0.2, 0) is 6.54 Å². The lowest BCUT2D eigenvalue weighted by atomic mass is 10.2. The lowest BCUT2D eigenvalue weighted by molar-refractivity contribution is 0.0760. The van der Waals surface area contributed by atoms with Crippen molar-refractivity contribution in [3.8, 4) is 17.3 Å². The number of pyridine rings is 1. The van der Waals surface area contributed by atoms with Gasteiger partial charge in [-0.25, -0.2) is 4.98 Å². The molecule has 1 fully saturated rings. The largest absolute Gasteiger partial charge is 0.337 e. The Morgan fingerprint density at radius 3 is 2.56 bits per heavy atom. The molecule has 0 unspecified atom stereocenters. The minimum Gasteiger partial charge on any atom is -0.337 e. The molecular formula is C24H24N6O2. The van der Waals surface area contributed by atoms with Gasteiger partial charge in [0.15, 0.2) is 5.82 Å². The van der Waals surface area contributed by atoms with Crippen LogP contribution in [0.25, 0.3) is 17.3 Å². The van der Waals surface area contributed by atoms with E-state index >= 15 is 0 Å². The van der Waals surface area contributed by atoms with Crippen molar-refractivity contribution in [2.45, 2.75) is 13.0 Å². The molecule has 162 valence electrons. The van der Waals surface area contributed by atoms with Crippen LogP contribution in [0, 0.1) is 0 Å². The van der Waals surface area contributed by atoms with Crippen molar-refractivity contribution in [1.29, 1.82) is 0 Å². The van der Waals surface area contributed by atoms with Gasteiger partial charge < -0.3 is 14.0 Å². The fourth-order valence-corrected chi connectivity index (χ4v) is 3.88. The Bertz CT molecular complexity index is 1150. The first kappa shape index (κ1) is 20.1. The predicted octanol–water partition coefficient (Wildman–Crippen LogP) is 3.27. The average molecular weight is 428 g/mol. The number of carbonyl (C=O) groups is 1. The Kier molecular flexibility index (Phi) is 5.76. The summed E-state index contributed by atoms with van der Waals surface area (Å²) in [5.74, 6) is 2.00. The fraction of sp³-hybridized carbons (Fsp3) is 0.250. The van der Waals surface area contributed by atoms with Gasteiger partial charge in [-0.2, -0.15) is 4.98 Å². The Labute approximate surface area is 186 Å². The van der Waals surface area contributed by atoms with E-state index in [0.29, 0.717) is 30.4 Å². The van der Waals surface area contributed by atoms with Gasteiger partial charge in [0.1, 0.15) is 5.82 Å². The molecule has 5 rings (SSSR count). The van der Waals surface area contributed by atoms with Crippen molar-refractivity contribution in [2.75, 3.05) is 26.2 Å². The van der Waals surface area contributed by atoms with Gasteiger partial charge in [-0.05, 0) is 42.8 Å².